The number of nitrogens with zero attached hydrogens (tertiary/aromatic N) is 1. The van der Waals surface area contributed by atoms with E-state index in [-0.39, 0.29) is 12.0 Å². The Morgan fingerprint density at radius 1 is 0.907 bits per heavy atom. The summed E-state index contributed by atoms with van der Waals surface area (Å²) in [6, 6.07) is 29.1. The smallest absolute Gasteiger partial charge is 0.160 e. The monoisotopic (exact) mass is 639 g/mol. The lowest BCUT2D eigenvalue weighted by Gasteiger charge is -2.39. The van der Waals surface area contributed by atoms with Crippen LogP contribution in [0.2, 0.25) is 0 Å². The number of hydrogen-bond donors (Lipinski definition) is 0. The SMILES string of the molecule is COc1cc(COC2CN(C(Cl)Cl)CCC2c2ccc(OCCCSCc3ccccc3)cc2)c(OC)c2ccccc12. The molecule has 1 saturated heterocycles. The first kappa shape index (κ1) is 31.8. The second-order valence-electron chi connectivity index (χ2n) is 10.6. The molecule has 228 valence electrons. The topological polar surface area (TPSA) is 40.2 Å². The highest BCUT2D eigenvalue weighted by atomic mass is 35.5. The van der Waals surface area contributed by atoms with Gasteiger partial charge in [0.1, 0.15) is 17.2 Å². The third-order valence-electron chi connectivity index (χ3n) is 7.90. The predicted octanol–water partition coefficient (Wildman–Crippen LogP) is 8.70. The van der Waals surface area contributed by atoms with Crippen molar-refractivity contribution in [3.05, 3.63) is 102 Å². The first-order valence-electron chi connectivity index (χ1n) is 14.7. The van der Waals surface area contributed by atoms with Crippen molar-refractivity contribution in [2.75, 3.05) is 39.7 Å². The summed E-state index contributed by atoms with van der Waals surface area (Å²) in [6.07, 6.45) is 1.79. The van der Waals surface area contributed by atoms with Gasteiger partial charge in [-0.3, -0.25) is 4.90 Å². The normalized spacial score (nSPS) is 17.3. The molecule has 0 bridgehead atoms. The van der Waals surface area contributed by atoms with Crippen LogP contribution < -0.4 is 14.2 Å². The van der Waals surface area contributed by atoms with Crippen LogP contribution in [0, 0.1) is 0 Å². The number of ether oxygens (including phenoxy) is 4. The molecule has 2 atom stereocenters. The molecule has 8 heteroatoms. The summed E-state index contributed by atoms with van der Waals surface area (Å²) in [4.78, 5) is 1.47. The van der Waals surface area contributed by atoms with Gasteiger partial charge in [-0.05, 0) is 47.9 Å². The zero-order valence-electron chi connectivity index (χ0n) is 24.7. The van der Waals surface area contributed by atoms with Gasteiger partial charge in [-0.1, -0.05) is 89.9 Å². The fourth-order valence-corrected chi connectivity index (χ4v) is 6.93. The Hall–Kier alpha value is -2.61. The van der Waals surface area contributed by atoms with Gasteiger partial charge in [-0.25, -0.2) is 0 Å². The maximum Gasteiger partial charge on any atom is 0.160 e. The Kier molecular flexibility index (Phi) is 11.8. The summed E-state index contributed by atoms with van der Waals surface area (Å²) in [7, 11) is 3.38. The number of piperidine rings is 1. The molecule has 1 heterocycles. The largest absolute Gasteiger partial charge is 0.496 e. The highest BCUT2D eigenvalue weighted by Gasteiger charge is 2.33. The number of benzene rings is 4. The lowest BCUT2D eigenvalue weighted by atomic mass is 9.87. The van der Waals surface area contributed by atoms with E-state index in [2.05, 4.69) is 59.5 Å². The minimum absolute atomic E-state index is 0.107. The molecule has 43 heavy (non-hydrogen) atoms. The zero-order chi connectivity index (χ0) is 30.0. The Morgan fingerprint density at radius 3 is 2.37 bits per heavy atom. The van der Waals surface area contributed by atoms with Gasteiger partial charge in [0, 0.05) is 41.1 Å². The lowest BCUT2D eigenvalue weighted by Crippen LogP contribution is -2.45. The van der Waals surface area contributed by atoms with E-state index in [1.54, 1.807) is 14.2 Å². The molecule has 0 aromatic heterocycles. The van der Waals surface area contributed by atoms with Crippen LogP contribution in [0.25, 0.3) is 10.8 Å². The first-order chi connectivity index (χ1) is 21.1. The van der Waals surface area contributed by atoms with Crippen molar-refractivity contribution in [1.29, 1.82) is 0 Å². The van der Waals surface area contributed by atoms with Crippen molar-refractivity contribution < 1.29 is 18.9 Å². The van der Waals surface area contributed by atoms with Crippen molar-refractivity contribution in [2.24, 2.45) is 0 Å². The molecule has 4 aromatic rings. The van der Waals surface area contributed by atoms with Crippen molar-refractivity contribution in [3.63, 3.8) is 0 Å². The van der Waals surface area contributed by atoms with Crippen molar-refractivity contribution >= 4 is 45.7 Å². The van der Waals surface area contributed by atoms with E-state index < -0.39 is 4.96 Å². The number of hydrogen-bond acceptors (Lipinski definition) is 6. The molecular formula is C35H39Cl2NO4S. The van der Waals surface area contributed by atoms with E-state index in [0.717, 1.165) is 64.5 Å². The lowest BCUT2D eigenvalue weighted by molar-refractivity contribution is -0.0231. The van der Waals surface area contributed by atoms with Crippen LogP contribution in [0.15, 0.2) is 84.9 Å². The molecule has 4 aromatic carbocycles. The van der Waals surface area contributed by atoms with Gasteiger partial charge < -0.3 is 18.9 Å². The third kappa shape index (κ3) is 8.31. The molecule has 0 N–H and O–H groups in total. The number of methoxy groups -OCH3 is 2. The van der Waals surface area contributed by atoms with Crippen LogP contribution in [0.3, 0.4) is 0 Å². The third-order valence-corrected chi connectivity index (χ3v) is 9.57. The number of likely N-dealkylation sites (tertiary alicyclic amines) is 1. The van der Waals surface area contributed by atoms with Crippen molar-refractivity contribution in [3.8, 4) is 17.2 Å². The van der Waals surface area contributed by atoms with Gasteiger partial charge >= 0.3 is 0 Å². The Morgan fingerprint density at radius 2 is 1.65 bits per heavy atom. The van der Waals surface area contributed by atoms with Crippen LogP contribution in [-0.2, 0) is 17.1 Å². The second-order valence-corrected chi connectivity index (χ2v) is 12.8. The molecule has 5 nitrogen and oxygen atoms in total. The van der Waals surface area contributed by atoms with Crippen LogP contribution in [-0.4, -0.2) is 55.6 Å². The van der Waals surface area contributed by atoms with Crippen LogP contribution >= 0.6 is 35.0 Å². The molecule has 0 saturated carbocycles. The number of rotatable bonds is 14. The van der Waals surface area contributed by atoms with E-state index in [4.69, 9.17) is 42.1 Å². The van der Waals surface area contributed by atoms with E-state index in [9.17, 15) is 0 Å². The Balaban J connectivity index is 1.21. The van der Waals surface area contributed by atoms with Crippen LogP contribution in [0.1, 0.15) is 35.4 Å². The van der Waals surface area contributed by atoms with Crippen molar-refractivity contribution in [2.45, 2.75) is 42.2 Å². The van der Waals surface area contributed by atoms with Gasteiger partial charge in [0.15, 0.2) is 4.96 Å². The summed E-state index contributed by atoms with van der Waals surface area (Å²) in [6.45, 7) is 2.51. The first-order valence-corrected chi connectivity index (χ1v) is 16.7. The van der Waals surface area contributed by atoms with Gasteiger partial charge in [-0.2, -0.15) is 11.8 Å². The molecule has 0 amide bonds. The number of halogens is 2. The highest BCUT2D eigenvalue weighted by Crippen LogP contribution is 2.39. The average Bonchev–Trinajstić information content (AvgIpc) is 3.05. The fourth-order valence-electron chi connectivity index (χ4n) is 5.68. The summed E-state index contributed by atoms with van der Waals surface area (Å²) < 4.78 is 24.3. The molecule has 0 radical (unpaired) electrons. The minimum Gasteiger partial charge on any atom is -0.496 e. The van der Waals surface area contributed by atoms with Gasteiger partial charge in [0.25, 0.3) is 0 Å². The predicted molar refractivity (Wildman–Crippen MR) is 179 cm³/mol. The molecule has 5 rings (SSSR count). The van der Waals surface area contributed by atoms with Gasteiger partial charge in [-0.15, -0.1) is 0 Å². The average molecular weight is 641 g/mol. The van der Waals surface area contributed by atoms with Crippen molar-refractivity contribution in [1.82, 2.24) is 4.90 Å². The second kappa shape index (κ2) is 15.9. The molecule has 0 spiro atoms. The Labute approximate surface area is 269 Å². The summed E-state index contributed by atoms with van der Waals surface area (Å²) in [5, 5.41) is 2.00. The fraction of sp³-hybridized carbons (Fsp3) is 0.371. The maximum absolute atomic E-state index is 6.64. The quantitative estimate of drug-likeness (QED) is 0.0781. The van der Waals surface area contributed by atoms with Gasteiger partial charge in [0.05, 0.1) is 33.5 Å². The number of thioether (sulfide) groups is 1. The molecule has 1 fully saturated rings. The van der Waals surface area contributed by atoms with E-state index in [1.165, 1.54) is 11.1 Å². The van der Waals surface area contributed by atoms with Crippen LogP contribution in [0.4, 0.5) is 0 Å². The van der Waals surface area contributed by atoms with Crippen LogP contribution in [0.5, 0.6) is 17.2 Å². The van der Waals surface area contributed by atoms with Gasteiger partial charge in [0.2, 0.25) is 0 Å². The molecule has 1 aliphatic heterocycles. The minimum atomic E-state index is -0.580. The molecular weight excluding hydrogens is 601 g/mol. The summed E-state index contributed by atoms with van der Waals surface area (Å²) in [5.74, 6) is 4.78. The Bertz CT molecular complexity index is 1440. The number of fused-ring (bicyclic) bond motifs is 1. The molecule has 2 unspecified atom stereocenters. The maximum atomic E-state index is 6.64. The number of alkyl halides is 2. The summed E-state index contributed by atoms with van der Waals surface area (Å²) in [5.41, 5.74) is 3.52. The van der Waals surface area contributed by atoms with E-state index in [0.29, 0.717) is 19.8 Å². The molecule has 1 aliphatic rings. The zero-order valence-corrected chi connectivity index (χ0v) is 27.0. The standard InChI is InChI=1S/C35H39Cl2NO4S/c1-39-32-21-27(34(40-2)31-12-7-6-11-30(31)32)23-42-33-22-38(35(36)37)18-17-29(33)26-13-15-28(16-14-26)41-19-8-20-43-24-25-9-4-3-5-10-25/h3-7,9-16,21,29,33,35H,8,17-20,22-24H2,1-2H3. The molecule has 0 aliphatic carbocycles. The van der Waals surface area contributed by atoms with E-state index >= 15 is 0 Å². The highest BCUT2D eigenvalue weighted by molar-refractivity contribution is 7.98. The summed E-state index contributed by atoms with van der Waals surface area (Å²) >= 11 is 14.5. The van der Waals surface area contributed by atoms with E-state index in [1.807, 2.05) is 42.1 Å².